The van der Waals surface area contributed by atoms with Gasteiger partial charge in [0.25, 0.3) is 5.56 Å². The van der Waals surface area contributed by atoms with Crippen LogP contribution in [0, 0.1) is 5.92 Å². The summed E-state index contributed by atoms with van der Waals surface area (Å²) in [4.78, 5) is 115. The quantitative estimate of drug-likeness (QED) is 0.0117. The Morgan fingerprint density at radius 1 is 0.736 bits per heavy atom. The number of hydrogen-bond acceptors (Lipinski definition) is 26. The number of esters is 1. The number of anilines is 1. The first-order chi connectivity index (χ1) is 51.0. The summed E-state index contributed by atoms with van der Waals surface area (Å²) < 4.78 is 72.9. The highest BCUT2D eigenvalue weighted by molar-refractivity contribution is 9.09. The minimum atomic E-state index is -2.02. The topological polar surface area (TPSA) is 419 Å². The number of unbranched alkanes of at least 4 members (excludes halogenated alkanes) is 1. The lowest BCUT2D eigenvalue weighted by atomic mass is 9.86. The van der Waals surface area contributed by atoms with Crippen molar-refractivity contribution in [3.05, 3.63) is 86.7 Å². The van der Waals surface area contributed by atoms with Gasteiger partial charge in [0.15, 0.2) is 5.60 Å². The van der Waals surface area contributed by atoms with E-state index in [0.717, 1.165) is 16.5 Å². The lowest BCUT2D eigenvalue weighted by Gasteiger charge is -2.35. The van der Waals surface area contributed by atoms with Gasteiger partial charge in [-0.05, 0) is 94.2 Å². The van der Waals surface area contributed by atoms with E-state index >= 15 is 0 Å². The molecule has 3 aliphatic heterocycles. The SMILES string of the molecule is CC[C@@]1(O)C(=O)OCc2c1cc1n(c2=O)Cc2c-1nc1ccccc1c2CCN(C(=O)OCc1ccc(NC(=O)[C@H](C)NC(=O)[C@@H](NC(=O)[C@H](CCCCNC(=O)CBr)NC(=O)OCCOCCOCCOCCOCCOCCOCCOCCOC)C(C)C)c(O[C@@H]2OC[C@H](O)[C@H](O)[C@H]2O)c1)C(C)C. The average Bonchev–Trinajstić information content (AvgIpc) is 1.51. The molecule has 0 spiro atoms. The first-order valence-corrected chi connectivity index (χ1v) is 36.8. The third-order valence-corrected chi connectivity index (χ3v) is 18.1. The molecule has 8 atom stereocenters. The summed E-state index contributed by atoms with van der Waals surface area (Å²) in [5.41, 5.74) is 1.38. The van der Waals surface area contributed by atoms with Crippen LogP contribution in [0.25, 0.3) is 22.3 Å². The molecule has 0 radical (unpaired) electrons. The maximum atomic E-state index is 14.2. The van der Waals surface area contributed by atoms with Gasteiger partial charge >= 0.3 is 18.2 Å². The Morgan fingerprint density at radius 3 is 1.96 bits per heavy atom. The standard InChI is InChI=1S/C72H103BrN8O25/c1-8-72(93)52-38-56-61-50(40-81(56)67(89)51(52)42-104-69(72)90)48(49-13-9-10-14-53(49)76-61)18-20-80(45(4)5)71(92)105-41-47-16-17-54(58(37-47)106-68-63(85)62(84)57(82)43-103-68)77-64(86)46(6)75-66(88)60(44(2)3)79-65(87)55(15-11-12-19-74-59(83)39-73)78-70(91)102-36-35-101-34-33-100-32-31-99-30-29-98-28-27-97-26-25-96-24-23-95-22-21-94-7/h9-10,13-14,16-17,37-38,44-46,55,57,60,62-63,68,82,84-85,93H,8,11-12,15,18-36,39-43H2,1-7H3,(H,74,83)(H,75,88)(H,77,86)(H,78,91)(H,79,87)/t46-,55-,57-,60-,62-,63+,68-,72-/m0/s1. The third-order valence-electron chi connectivity index (χ3n) is 17.6. The number of ether oxygens (including phenoxy) is 13. The molecular formula is C72H103BrN8O25. The number of carbonyl (C=O) groups excluding carboxylic acids is 7. The van der Waals surface area contributed by atoms with Crippen molar-refractivity contribution in [2.45, 2.75) is 148 Å². The molecule has 9 N–H and O–H groups in total. The summed E-state index contributed by atoms with van der Waals surface area (Å²) >= 11 is 3.10. The smallest absolute Gasteiger partial charge is 0.410 e. The van der Waals surface area contributed by atoms with Gasteiger partial charge in [0, 0.05) is 42.8 Å². The number of para-hydroxylation sites is 1. The van der Waals surface area contributed by atoms with Crippen molar-refractivity contribution in [1.82, 2.24) is 35.7 Å². The van der Waals surface area contributed by atoms with Gasteiger partial charge < -0.3 is 118 Å². The highest BCUT2D eigenvalue weighted by Crippen LogP contribution is 2.41. The molecule has 0 aliphatic carbocycles. The number of halogens is 1. The van der Waals surface area contributed by atoms with E-state index in [1.807, 2.05) is 38.1 Å². The van der Waals surface area contributed by atoms with Gasteiger partial charge in [0.05, 0.1) is 146 Å². The Morgan fingerprint density at radius 2 is 1.36 bits per heavy atom. The zero-order valence-electron chi connectivity index (χ0n) is 61.2. The molecule has 0 saturated carbocycles. The number of aliphatic hydroxyl groups excluding tert-OH is 3. The molecule has 0 unspecified atom stereocenters. The molecule has 0 bridgehead atoms. The largest absolute Gasteiger partial charge is 0.460 e. The molecule has 2 aromatic carbocycles. The number of benzene rings is 2. The molecule has 4 aromatic rings. The van der Waals surface area contributed by atoms with Gasteiger partial charge in [0.1, 0.15) is 62.0 Å². The molecule has 6 amide bonds. The monoisotopic (exact) mass is 1560 g/mol. The van der Waals surface area contributed by atoms with Crippen molar-refractivity contribution in [3.63, 3.8) is 0 Å². The predicted molar refractivity (Wildman–Crippen MR) is 385 cm³/mol. The highest BCUT2D eigenvalue weighted by atomic mass is 79.9. The Hall–Kier alpha value is -7.55. The zero-order chi connectivity index (χ0) is 76.7. The first kappa shape index (κ1) is 85.7. The number of carbonyl (C=O) groups is 7. The van der Waals surface area contributed by atoms with Crippen LogP contribution in [0.1, 0.15) is 95.0 Å². The molecule has 1 fully saturated rings. The molecule has 7 rings (SSSR count). The van der Waals surface area contributed by atoms with Crippen molar-refractivity contribution in [1.29, 1.82) is 0 Å². The first-order valence-electron chi connectivity index (χ1n) is 35.7. The van der Waals surface area contributed by atoms with E-state index < -0.39 is 102 Å². The molecule has 5 heterocycles. The van der Waals surface area contributed by atoms with Crippen LogP contribution >= 0.6 is 15.9 Å². The number of alkyl carbamates (subject to hydrolysis) is 1. The number of alkyl halides is 1. The van der Waals surface area contributed by atoms with Gasteiger partial charge in [-0.1, -0.05) is 61.0 Å². The van der Waals surface area contributed by atoms with E-state index in [9.17, 15) is 58.8 Å². The number of pyridine rings is 2. The van der Waals surface area contributed by atoms with E-state index in [2.05, 4.69) is 42.5 Å². The number of aliphatic hydroxyl groups is 4. The van der Waals surface area contributed by atoms with E-state index in [1.54, 1.807) is 38.5 Å². The van der Waals surface area contributed by atoms with Crippen LogP contribution in [0.3, 0.4) is 0 Å². The second-order valence-corrected chi connectivity index (χ2v) is 26.4. The van der Waals surface area contributed by atoms with E-state index in [1.165, 1.54) is 30.0 Å². The number of hydrogen-bond donors (Lipinski definition) is 9. The molecule has 1 saturated heterocycles. The van der Waals surface area contributed by atoms with E-state index in [4.69, 9.17) is 66.6 Å². The molecule has 3 aliphatic rings. The maximum Gasteiger partial charge on any atom is 0.410 e. The Bertz CT molecular complexity index is 3590. The number of rotatable bonds is 47. The van der Waals surface area contributed by atoms with E-state index in [-0.39, 0.29) is 105 Å². The van der Waals surface area contributed by atoms with Crippen molar-refractivity contribution >= 4 is 74.3 Å². The van der Waals surface area contributed by atoms with Crippen molar-refractivity contribution < 1.29 is 116 Å². The minimum Gasteiger partial charge on any atom is -0.460 e. The van der Waals surface area contributed by atoms with Gasteiger partial charge in [0.2, 0.25) is 29.9 Å². The maximum absolute atomic E-state index is 14.2. The van der Waals surface area contributed by atoms with Crippen LogP contribution in [0.5, 0.6) is 5.75 Å². The number of amides is 6. The minimum absolute atomic E-state index is 0.0147. The summed E-state index contributed by atoms with van der Waals surface area (Å²) in [5, 5.41) is 57.5. The molecule has 106 heavy (non-hydrogen) atoms. The van der Waals surface area contributed by atoms with Crippen LogP contribution < -0.4 is 36.9 Å². The Labute approximate surface area is 623 Å². The number of nitrogens with one attached hydrogen (secondary N) is 5. The second-order valence-electron chi connectivity index (χ2n) is 25.9. The van der Waals surface area contributed by atoms with Crippen molar-refractivity contribution in [2.75, 3.05) is 143 Å². The fourth-order valence-electron chi connectivity index (χ4n) is 11.6. The number of fused-ring (bicyclic) bond motifs is 5. The second kappa shape index (κ2) is 44.1. The average molecular weight is 1560 g/mol. The third kappa shape index (κ3) is 25.0. The van der Waals surface area contributed by atoms with Crippen molar-refractivity contribution in [2.24, 2.45) is 5.92 Å². The van der Waals surface area contributed by atoms with Crippen LogP contribution in [0.2, 0.25) is 0 Å². The predicted octanol–water partition coefficient (Wildman–Crippen LogP) is 2.61. The highest BCUT2D eigenvalue weighted by Gasteiger charge is 2.46. The summed E-state index contributed by atoms with van der Waals surface area (Å²) in [7, 11) is 1.62. The number of cyclic esters (lactones) is 1. The summed E-state index contributed by atoms with van der Waals surface area (Å²) in [5.74, 6) is -4.03. The fourth-order valence-corrected chi connectivity index (χ4v) is 11.8. The Balaban J connectivity index is 0.904. The molecule has 34 heteroatoms. The summed E-state index contributed by atoms with van der Waals surface area (Å²) in [6.45, 7) is 15.0. The van der Waals surface area contributed by atoms with Gasteiger partial charge in [-0.25, -0.2) is 19.4 Å². The van der Waals surface area contributed by atoms with Crippen LogP contribution in [0.15, 0.2) is 53.3 Å². The number of nitrogens with zero attached hydrogens (tertiary/aromatic N) is 3. The molecular weight excluding hydrogens is 1460 g/mol. The molecule has 33 nitrogen and oxygen atoms in total. The van der Waals surface area contributed by atoms with Crippen LogP contribution in [0.4, 0.5) is 15.3 Å². The number of aromatic nitrogens is 2. The Kier molecular flexibility index (Phi) is 35.6. The molecule has 588 valence electrons. The zero-order valence-corrected chi connectivity index (χ0v) is 62.8. The lowest BCUT2D eigenvalue weighted by molar-refractivity contribution is -0.241. The normalized spacial score (nSPS) is 18.2. The van der Waals surface area contributed by atoms with Gasteiger partial charge in [-0.15, -0.1) is 0 Å². The van der Waals surface area contributed by atoms with Crippen LogP contribution in [-0.2, 0) is 113 Å². The summed E-state index contributed by atoms with van der Waals surface area (Å²) in [6.07, 6.45) is -6.95. The van der Waals surface area contributed by atoms with Gasteiger partial charge in [-0.2, -0.15) is 0 Å². The number of methoxy groups -OCH3 is 1. The summed E-state index contributed by atoms with van der Waals surface area (Å²) in [6, 6.07) is 9.32. The lowest BCUT2D eigenvalue weighted by Crippen LogP contribution is -2.57. The molecule has 2 aromatic heterocycles. The van der Waals surface area contributed by atoms with Crippen LogP contribution in [-0.4, -0.2) is 263 Å². The van der Waals surface area contributed by atoms with Gasteiger partial charge in [-0.3, -0.25) is 24.0 Å². The van der Waals surface area contributed by atoms with E-state index in [0.29, 0.717) is 128 Å². The van der Waals surface area contributed by atoms with Crippen molar-refractivity contribution in [3.8, 4) is 17.1 Å². The fraction of sp³-hybridized carbons (Fsp3) is 0.625.